The molecule has 1 saturated heterocycles. The van der Waals surface area contributed by atoms with Crippen LogP contribution < -0.4 is 5.32 Å². The topological polar surface area (TPSA) is 50.3 Å². The second kappa shape index (κ2) is 6.20. The number of thiocarbonyl (C=S) groups is 1. The molecule has 1 aliphatic rings. The van der Waals surface area contributed by atoms with E-state index < -0.39 is 0 Å². The lowest BCUT2D eigenvalue weighted by molar-refractivity contribution is 0.0367. The van der Waals surface area contributed by atoms with Crippen molar-refractivity contribution in [3.8, 4) is 0 Å². The van der Waals surface area contributed by atoms with Crippen molar-refractivity contribution in [2.45, 2.75) is 0 Å². The summed E-state index contributed by atoms with van der Waals surface area (Å²) >= 11 is 11.0. The molecule has 1 aromatic heterocycles. The van der Waals surface area contributed by atoms with Gasteiger partial charge in [0.15, 0.2) is 0 Å². The maximum atomic E-state index is 5.75. The Kier molecular flexibility index (Phi) is 4.61. The lowest BCUT2D eigenvalue weighted by Crippen LogP contribution is -2.43. The number of hydrogen-bond acceptors (Lipinski definition) is 5. The van der Waals surface area contributed by atoms with Crippen molar-refractivity contribution in [1.29, 1.82) is 0 Å². The van der Waals surface area contributed by atoms with Gasteiger partial charge < -0.3 is 10.1 Å². The van der Waals surface area contributed by atoms with Crippen molar-refractivity contribution in [3.63, 3.8) is 0 Å². The van der Waals surface area contributed by atoms with Crippen LogP contribution in [0.3, 0.4) is 0 Å². The molecule has 1 N–H and O–H groups in total. The van der Waals surface area contributed by atoms with E-state index in [1.165, 1.54) is 6.20 Å². The molecule has 1 fully saturated rings. The van der Waals surface area contributed by atoms with Crippen LogP contribution in [0.25, 0.3) is 0 Å². The van der Waals surface area contributed by atoms with Gasteiger partial charge in [-0.05, 0) is 0 Å². The number of halogens is 1. The monoisotopic (exact) mass is 272 g/mol. The highest BCUT2D eigenvalue weighted by Crippen LogP contribution is 2.03. The molecule has 0 bridgehead atoms. The minimum absolute atomic E-state index is 0.345. The van der Waals surface area contributed by atoms with Gasteiger partial charge >= 0.3 is 0 Å². The van der Waals surface area contributed by atoms with Gasteiger partial charge in [-0.25, -0.2) is 4.98 Å². The van der Waals surface area contributed by atoms with Crippen molar-refractivity contribution in [1.82, 2.24) is 20.2 Å². The van der Waals surface area contributed by atoms with E-state index in [0.29, 0.717) is 22.5 Å². The molecule has 0 aromatic carbocycles. The van der Waals surface area contributed by atoms with Gasteiger partial charge in [0.2, 0.25) is 0 Å². The van der Waals surface area contributed by atoms with E-state index in [4.69, 9.17) is 28.6 Å². The molecular formula is C10H13ClN4OS. The first-order valence-corrected chi connectivity index (χ1v) is 6.10. The van der Waals surface area contributed by atoms with Gasteiger partial charge in [0.25, 0.3) is 0 Å². The SMILES string of the molecule is S=C(NCN1CCOCC1)c1cncc(Cl)n1. The molecule has 0 saturated carbocycles. The molecule has 2 rings (SSSR count). The van der Waals surface area contributed by atoms with Crippen LogP contribution in [0.2, 0.25) is 5.15 Å². The van der Waals surface area contributed by atoms with Crippen LogP contribution in [-0.4, -0.2) is 52.8 Å². The summed E-state index contributed by atoms with van der Waals surface area (Å²) < 4.78 is 5.26. The van der Waals surface area contributed by atoms with E-state index in [9.17, 15) is 0 Å². The van der Waals surface area contributed by atoms with E-state index in [0.717, 1.165) is 26.3 Å². The van der Waals surface area contributed by atoms with Crippen LogP contribution in [0.1, 0.15) is 5.69 Å². The highest BCUT2D eigenvalue weighted by atomic mass is 35.5. The number of nitrogens with zero attached hydrogens (tertiary/aromatic N) is 3. The summed E-state index contributed by atoms with van der Waals surface area (Å²) in [4.78, 5) is 10.8. The fraction of sp³-hybridized carbons (Fsp3) is 0.500. The Morgan fingerprint density at radius 3 is 2.94 bits per heavy atom. The molecular weight excluding hydrogens is 260 g/mol. The van der Waals surface area contributed by atoms with E-state index in [2.05, 4.69) is 20.2 Å². The maximum absolute atomic E-state index is 5.75. The molecule has 0 unspecified atom stereocenters. The molecule has 0 radical (unpaired) electrons. The smallest absolute Gasteiger partial charge is 0.148 e. The number of rotatable bonds is 3. The summed E-state index contributed by atoms with van der Waals surface area (Å²) in [7, 11) is 0. The number of nitrogens with one attached hydrogen (secondary N) is 1. The molecule has 17 heavy (non-hydrogen) atoms. The molecule has 7 heteroatoms. The van der Waals surface area contributed by atoms with E-state index in [1.54, 1.807) is 6.20 Å². The molecule has 92 valence electrons. The van der Waals surface area contributed by atoms with Gasteiger partial charge in [0.05, 0.1) is 32.3 Å². The quantitative estimate of drug-likeness (QED) is 0.817. The van der Waals surface area contributed by atoms with Crippen LogP contribution in [0, 0.1) is 0 Å². The summed E-state index contributed by atoms with van der Waals surface area (Å²) in [5.41, 5.74) is 0.598. The largest absolute Gasteiger partial charge is 0.379 e. The highest BCUT2D eigenvalue weighted by molar-refractivity contribution is 7.80. The minimum atomic E-state index is 0.345. The number of ether oxygens (including phenoxy) is 1. The van der Waals surface area contributed by atoms with Gasteiger partial charge in [0, 0.05) is 13.1 Å². The lowest BCUT2D eigenvalue weighted by Gasteiger charge is -2.26. The van der Waals surface area contributed by atoms with Crippen LogP contribution in [0.4, 0.5) is 0 Å². The van der Waals surface area contributed by atoms with Gasteiger partial charge in [-0.1, -0.05) is 23.8 Å². The zero-order valence-corrected chi connectivity index (χ0v) is 10.8. The first-order valence-electron chi connectivity index (χ1n) is 5.31. The average molecular weight is 273 g/mol. The maximum Gasteiger partial charge on any atom is 0.148 e. The normalized spacial score (nSPS) is 16.8. The first-order chi connectivity index (χ1) is 8.25. The van der Waals surface area contributed by atoms with Crippen molar-refractivity contribution >= 4 is 28.8 Å². The van der Waals surface area contributed by atoms with E-state index in [1.807, 2.05) is 0 Å². The number of hydrogen-bond donors (Lipinski definition) is 1. The van der Waals surface area contributed by atoms with Crippen molar-refractivity contribution in [2.75, 3.05) is 33.0 Å². The fourth-order valence-electron chi connectivity index (χ4n) is 1.49. The highest BCUT2D eigenvalue weighted by Gasteiger charge is 2.11. The van der Waals surface area contributed by atoms with Crippen molar-refractivity contribution < 1.29 is 4.74 Å². The summed E-state index contributed by atoms with van der Waals surface area (Å²) in [5, 5.41) is 3.48. The Hall–Kier alpha value is -0.820. The van der Waals surface area contributed by atoms with E-state index >= 15 is 0 Å². The Bertz CT molecular complexity index is 398. The third-order valence-corrected chi connectivity index (χ3v) is 2.94. The molecule has 0 spiro atoms. The van der Waals surface area contributed by atoms with Gasteiger partial charge in [-0.3, -0.25) is 9.88 Å². The zero-order chi connectivity index (χ0) is 12.1. The standard InChI is InChI=1S/C10H13ClN4OS/c11-9-6-12-5-8(14-9)10(17)13-7-15-1-3-16-4-2-15/h5-6H,1-4,7H2,(H,13,17). The predicted molar refractivity (Wildman–Crippen MR) is 69.1 cm³/mol. The molecule has 2 heterocycles. The van der Waals surface area contributed by atoms with Crippen LogP contribution in [0.5, 0.6) is 0 Å². The molecule has 1 aromatic rings. The molecule has 0 aliphatic carbocycles. The van der Waals surface area contributed by atoms with Crippen LogP contribution in [-0.2, 0) is 4.74 Å². The molecule has 5 nitrogen and oxygen atoms in total. The second-order valence-electron chi connectivity index (χ2n) is 3.62. The third-order valence-electron chi connectivity index (χ3n) is 2.40. The predicted octanol–water partition coefficient (Wildman–Crippen LogP) is 0.685. The Morgan fingerprint density at radius 1 is 1.47 bits per heavy atom. The van der Waals surface area contributed by atoms with Gasteiger partial charge in [-0.15, -0.1) is 0 Å². The number of aromatic nitrogens is 2. The fourth-order valence-corrected chi connectivity index (χ4v) is 1.80. The van der Waals surface area contributed by atoms with Crippen LogP contribution >= 0.6 is 23.8 Å². The first kappa shape index (κ1) is 12.6. The van der Waals surface area contributed by atoms with Gasteiger partial charge in [0.1, 0.15) is 15.8 Å². The summed E-state index contributed by atoms with van der Waals surface area (Å²) in [5.74, 6) is 0. The average Bonchev–Trinajstić information content (AvgIpc) is 2.37. The Morgan fingerprint density at radius 2 is 2.24 bits per heavy atom. The lowest BCUT2D eigenvalue weighted by atomic mass is 10.4. The van der Waals surface area contributed by atoms with Crippen molar-refractivity contribution in [3.05, 3.63) is 23.2 Å². The summed E-state index contributed by atoms with van der Waals surface area (Å²) in [6.45, 7) is 4.06. The number of morpholine rings is 1. The second-order valence-corrected chi connectivity index (χ2v) is 4.42. The Balaban J connectivity index is 1.84. The summed E-state index contributed by atoms with van der Waals surface area (Å²) in [6.07, 6.45) is 3.08. The molecule has 1 aliphatic heterocycles. The van der Waals surface area contributed by atoms with Crippen molar-refractivity contribution in [2.24, 2.45) is 0 Å². The van der Waals surface area contributed by atoms with E-state index in [-0.39, 0.29) is 0 Å². The van der Waals surface area contributed by atoms with Crippen LogP contribution in [0.15, 0.2) is 12.4 Å². The summed E-state index contributed by atoms with van der Waals surface area (Å²) in [6, 6.07) is 0. The molecule has 0 atom stereocenters. The Labute approximate surface area is 110 Å². The third kappa shape index (κ3) is 3.85. The zero-order valence-electron chi connectivity index (χ0n) is 9.23. The minimum Gasteiger partial charge on any atom is -0.379 e. The molecule has 0 amide bonds. The van der Waals surface area contributed by atoms with Gasteiger partial charge in [-0.2, -0.15) is 0 Å².